The molecule has 3 N–H and O–H groups in total. The van der Waals surface area contributed by atoms with Gasteiger partial charge in [-0.1, -0.05) is 25.8 Å². The molecule has 2 aliphatic rings. The number of hydrogen-bond acceptors (Lipinski definition) is 2. The molecule has 3 atom stereocenters. The number of phenolic OH excluding ortho intramolecular Hbond substituents is 1. The van der Waals surface area contributed by atoms with Crippen LogP contribution in [-0.4, -0.2) is 11.1 Å². The number of phenols is 1. The Hall–Kier alpha value is -1.02. The van der Waals surface area contributed by atoms with Crippen molar-refractivity contribution in [2.75, 3.05) is 0 Å². The van der Waals surface area contributed by atoms with Crippen molar-refractivity contribution in [1.82, 2.24) is 0 Å². The lowest BCUT2D eigenvalue weighted by Gasteiger charge is -2.46. The van der Waals surface area contributed by atoms with Crippen LogP contribution in [0.4, 0.5) is 0 Å². The number of hydrogen-bond donors (Lipinski definition) is 2. The summed E-state index contributed by atoms with van der Waals surface area (Å²) in [4.78, 5) is 0. The second kappa shape index (κ2) is 4.27. The molecule has 3 rings (SSSR count). The number of fused-ring (bicyclic) bond motifs is 4. The summed E-state index contributed by atoms with van der Waals surface area (Å²) in [5.74, 6) is 1.01. The van der Waals surface area contributed by atoms with Crippen molar-refractivity contribution in [3.05, 3.63) is 29.3 Å². The minimum atomic E-state index is 0.105. The molecule has 1 saturated carbocycles. The summed E-state index contributed by atoms with van der Waals surface area (Å²) in [7, 11) is 0. The Bertz CT molecular complexity index is 456. The van der Waals surface area contributed by atoms with E-state index < -0.39 is 0 Å². The van der Waals surface area contributed by atoms with Gasteiger partial charge in [-0.15, -0.1) is 0 Å². The molecule has 0 heterocycles. The van der Waals surface area contributed by atoms with Crippen LogP contribution in [0.2, 0.25) is 0 Å². The molecule has 0 spiro atoms. The van der Waals surface area contributed by atoms with Crippen LogP contribution in [0, 0.1) is 5.92 Å². The Morgan fingerprint density at radius 3 is 3.00 bits per heavy atom. The van der Waals surface area contributed by atoms with E-state index in [2.05, 4.69) is 13.0 Å². The van der Waals surface area contributed by atoms with Gasteiger partial charge in [0.2, 0.25) is 0 Å². The zero-order chi connectivity index (χ0) is 12.8. The molecule has 2 unspecified atom stereocenters. The SMILES string of the molecule is CC[C@@]12CCCCC(Cc3ccc(O)cc31)C2N. The Morgan fingerprint density at radius 2 is 2.22 bits per heavy atom. The van der Waals surface area contributed by atoms with Crippen molar-refractivity contribution in [1.29, 1.82) is 0 Å². The van der Waals surface area contributed by atoms with Gasteiger partial charge >= 0.3 is 0 Å². The van der Waals surface area contributed by atoms with Crippen LogP contribution >= 0.6 is 0 Å². The predicted octanol–water partition coefficient (Wildman–Crippen LogP) is 3.11. The quantitative estimate of drug-likeness (QED) is 0.798. The first-order chi connectivity index (χ1) is 8.67. The molecule has 0 aliphatic heterocycles. The number of aromatic hydroxyl groups is 1. The van der Waals surface area contributed by atoms with E-state index in [0.29, 0.717) is 11.7 Å². The third-order valence-electron chi connectivity index (χ3n) is 5.34. The first-order valence-electron chi connectivity index (χ1n) is 7.25. The van der Waals surface area contributed by atoms with Crippen molar-refractivity contribution >= 4 is 0 Å². The van der Waals surface area contributed by atoms with Crippen molar-refractivity contribution in [3.8, 4) is 5.75 Å². The molecule has 0 aromatic heterocycles. The lowest BCUT2D eigenvalue weighted by molar-refractivity contribution is 0.227. The lowest BCUT2D eigenvalue weighted by Crippen LogP contribution is -2.52. The fourth-order valence-electron chi connectivity index (χ4n) is 4.28. The van der Waals surface area contributed by atoms with Crippen LogP contribution in [0.15, 0.2) is 18.2 Å². The zero-order valence-electron chi connectivity index (χ0n) is 11.2. The maximum absolute atomic E-state index is 9.81. The van der Waals surface area contributed by atoms with Gasteiger partial charge in [0, 0.05) is 11.5 Å². The maximum Gasteiger partial charge on any atom is 0.115 e. The fraction of sp³-hybridized carbons (Fsp3) is 0.625. The first kappa shape index (κ1) is 12.0. The number of benzene rings is 1. The Labute approximate surface area is 109 Å². The lowest BCUT2D eigenvalue weighted by atomic mass is 9.61. The molecular weight excluding hydrogens is 222 g/mol. The van der Waals surface area contributed by atoms with Crippen LogP contribution in [0.3, 0.4) is 0 Å². The van der Waals surface area contributed by atoms with E-state index in [1.165, 1.54) is 36.8 Å². The molecule has 1 fully saturated rings. The van der Waals surface area contributed by atoms with E-state index in [9.17, 15) is 5.11 Å². The van der Waals surface area contributed by atoms with E-state index in [4.69, 9.17) is 5.73 Å². The van der Waals surface area contributed by atoms with Crippen molar-refractivity contribution in [3.63, 3.8) is 0 Å². The summed E-state index contributed by atoms with van der Waals surface area (Å²) in [6.45, 7) is 2.25. The highest BCUT2D eigenvalue weighted by atomic mass is 16.3. The highest BCUT2D eigenvalue weighted by Crippen LogP contribution is 2.49. The average molecular weight is 245 g/mol. The molecule has 0 amide bonds. The Balaban J connectivity index is 2.18. The summed E-state index contributed by atoms with van der Waals surface area (Å²) < 4.78 is 0. The van der Waals surface area contributed by atoms with E-state index in [1.807, 2.05) is 12.1 Å². The van der Waals surface area contributed by atoms with Crippen molar-refractivity contribution in [2.24, 2.45) is 11.7 Å². The standard InChI is InChI=1S/C16H23NO/c1-2-16-8-4-3-5-12(15(16)17)9-11-6-7-13(18)10-14(11)16/h6-7,10,12,15,18H,2-5,8-9,17H2,1H3/t12?,15?,16-/m1/s1. The van der Waals surface area contributed by atoms with Crippen molar-refractivity contribution < 1.29 is 5.11 Å². The molecular formula is C16H23NO. The molecule has 2 aliphatic carbocycles. The monoisotopic (exact) mass is 245 g/mol. The molecule has 1 aromatic rings. The van der Waals surface area contributed by atoms with Gasteiger partial charge < -0.3 is 10.8 Å². The summed E-state index contributed by atoms with van der Waals surface area (Å²) >= 11 is 0. The third kappa shape index (κ3) is 1.58. The summed E-state index contributed by atoms with van der Waals surface area (Å²) in [6.07, 6.45) is 7.20. The topological polar surface area (TPSA) is 46.2 Å². The first-order valence-corrected chi connectivity index (χ1v) is 7.25. The van der Waals surface area contributed by atoms with Gasteiger partial charge in [0.05, 0.1) is 0 Å². The maximum atomic E-state index is 9.81. The van der Waals surface area contributed by atoms with Gasteiger partial charge in [0.15, 0.2) is 0 Å². The van der Waals surface area contributed by atoms with Crippen molar-refractivity contribution in [2.45, 2.75) is 56.9 Å². The smallest absolute Gasteiger partial charge is 0.115 e. The van der Waals surface area contributed by atoms with Crippen LogP contribution in [-0.2, 0) is 11.8 Å². The van der Waals surface area contributed by atoms with Crippen LogP contribution in [0.1, 0.15) is 50.2 Å². The van der Waals surface area contributed by atoms with Gasteiger partial charge in [-0.05, 0) is 54.9 Å². The molecule has 98 valence electrons. The average Bonchev–Trinajstić information content (AvgIpc) is 2.48. The van der Waals surface area contributed by atoms with Gasteiger partial charge in [0.25, 0.3) is 0 Å². The van der Waals surface area contributed by atoms with Crippen LogP contribution in [0.25, 0.3) is 0 Å². The third-order valence-corrected chi connectivity index (χ3v) is 5.34. The largest absolute Gasteiger partial charge is 0.508 e. The predicted molar refractivity (Wildman–Crippen MR) is 73.7 cm³/mol. The molecule has 0 radical (unpaired) electrons. The number of rotatable bonds is 1. The highest BCUT2D eigenvalue weighted by Gasteiger charge is 2.46. The number of nitrogens with two attached hydrogens (primary N) is 1. The molecule has 2 heteroatoms. The summed E-state index contributed by atoms with van der Waals surface area (Å²) in [5, 5.41) is 9.81. The van der Waals surface area contributed by atoms with Gasteiger partial charge in [0.1, 0.15) is 5.75 Å². The summed E-state index contributed by atoms with van der Waals surface area (Å²) in [5.41, 5.74) is 9.47. The molecule has 0 saturated heterocycles. The van der Waals surface area contributed by atoms with E-state index in [1.54, 1.807) is 0 Å². The second-order valence-electron chi connectivity index (χ2n) is 6.09. The molecule has 2 bridgehead atoms. The minimum absolute atomic E-state index is 0.105. The minimum Gasteiger partial charge on any atom is -0.508 e. The van der Waals surface area contributed by atoms with E-state index >= 15 is 0 Å². The highest BCUT2D eigenvalue weighted by molar-refractivity contribution is 5.44. The zero-order valence-corrected chi connectivity index (χ0v) is 11.2. The van der Waals surface area contributed by atoms with Gasteiger partial charge in [-0.25, -0.2) is 0 Å². The molecule has 18 heavy (non-hydrogen) atoms. The van der Waals surface area contributed by atoms with Crippen LogP contribution in [0.5, 0.6) is 5.75 Å². The summed E-state index contributed by atoms with van der Waals surface area (Å²) in [6, 6.07) is 6.17. The molecule has 2 nitrogen and oxygen atoms in total. The second-order valence-corrected chi connectivity index (χ2v) is 6.09. The van der Waals surface area contributed by atoms with Gasteiger partial charge in [-0.3, -0.25) is 0 Å². The van der Waals surface area contributed by atoms with E-state index in [0.717, 1.165) is 12.8 Å². The molecule has 1 aromatic carbocycles. The van der Waals surface area contributed by atoms with Crippen LogP contribution < -0.4 is 5.73 Å². The fourth-order valence-corrected chi connectivity index (χ4v) is 4.28. The van der Waals surface area contributed by atoms with E-state index in [-0.39, 0.29) is 11.5 Å². The van der Waals surface area contributed by atoms with Gasteiger partial charge in [-0.2, -0.15) is 0 Å². The Kier molecular flexibility index (Phi) is 2.86. The Morgan fingerprint density at radius 1 is 1.39 bits per heavy atom. The normalized spacial score (nSPS) is 34.8.